The molecule has 0 aliphatic carbocycles. The molecule has 0 saturated carbocycles. The van der Waals surface area contributed by atoms with Gasteiger partial charge in [-0.15, -0.1) is 4.65 Å². The Labute approximate surface area is 117 Å². The molecule has 20 heavy (non-hydrogen) atoms. The Morgan fingerprint density at radius 1 is 1.35 bits per heavy atom. The van der Waals surface area contributed by atoms with Gasteiger partial charge in [0.05, 0.1) is 13.2 Å². The van der Waals surface area contributed by atoms with Crippen LogP contribution in [0.5, 0.6) is 0 Å². The summed E-state index contributed by atoms with van der Waals surface area (Å²) >= 11 is 0. The van der Waals surface area contributed by atoms with Crippen LogP contribution < -0.4 is 5.11 Å². The van der Waals surface area contributed by atoms with Crippen LogP contribution in [0.3, 0.4) is 0 Å². The Morgan fingerprint density at radius 3 is 2.55 bits per heavy atom. The van der Waals surface area contributed by atoms with Gasteiger partial charge in [-0.05, 0) is 5.56 Å². The molecule has 6 nitrogen and oxygen atoms in total. The summed E-state index contributed by atoms with van der Waals surface area (Å²) in [5.74, 6) is -1.22. The molecule has 0 N–H and O–H groups in total. The number of hydrogen-bond donors (Lipinski definition) is 0. The van der Waals surface area contributed by atoms with E-state index in [1.165, 1.54) is 0 Å². The molecule has 1 saturated heterocycles. The third-order valence-corrected chi connectivity index (χ3v) is 3.59. The summed E-state index contributed by atoms with van der Waals surface area (Å²) in [5, 5.41) is 11.5. The summed E-state index contributed by atoms with van der Waals surface area (Å²) in [5.41, 5.74) is 0.861. The molecule has 2 rings (SSSR count). The van der Waals surface area contributed by atoms with E-state index in [4.69, 9.17) is 9.57 Å². The van der Waals surface area contributed by atoms with Gasteiger partial charge in [0.2, 0.25) is 0 Å². The molecular formula is C14H17NO5. The average Bonchev–Trinajstić information content (AvgIpc) is 2.47. The number of carbonyl (C=O) groups excluding carboxylic acids is 2. The highest BCUT2D eigenvalue weighted by Gasteiger charge is 2.43. The fraction of sp³-hybridized carbons (Fsp3) is 0.429. The highest BCUT2D eigenvalue weighted by Crippen LogP contribution is 2.21. The van der Waals surface area contributed by atoms with Gasteiger partial charge in [0, 0.05) is 6.42 Å². The molecule has 0 bridgehead atoms. The van der Waals surface area contributed by atoms with Gasteiger partial charge in [-0.2, -0.15) is 0 Å². The summed E-state index contributed by atoms with van der Waals surface area (Å²) in [6, 6.07) is 8.28. The predicted octanol–water partition coefficient (Wildman–Crippen LogP) is -0.717. The van der Waals surface area contributed by atoms with E-state index in [0.29, 0.717) is 32.8 Å². The van der Waals surface area contributed by atoms with Crippen LogP contribution in [0.25, 0.3) is 0 Å². The fourth-order valence-corrected chi connectivity index (χ4v) is 2.51. The van der Waals surface area contributed by atoms with Crippen LogP contribution in [0, 0.1) is 0 Å². The van der Waals surface area contributed by atoms with Crippen molar-refractivity contribution in [3.05, 3.63) is 35.9 Å². The molecular weight excluding hydrogens is 262 g/mol. The van der Waals surface area contributed by atoms with Gasteiger partial charge in [0.25, 0.3) is 0 Å². The zero-order valence-electron chi connectivity index (χ0n) is 11.1. The lowest BCUT2D eigenvalue weighted by Gasteiger charge is -2.42. The molecule has 0 amide bonds. The number of carboxylic acid groups (broad SMARTS) is 1. The molecule has 0 aromatic heterocycles. The minimum Gasteiger partial charge on any atom is -0.544 e. The number of hydroxylamine groups is 3. The van der Waals surface area contributed by atoms with Crippen LogP contribution >= 0.6 is 0 Å². The highest BCUT2D eigenvalue weighted by atomic mass is 16.7. The van der Waals surface area contributed by atoms with E-state index in [1.807, 2.05) is 30.3 Å². The van der Waals surface area contributed by atoms with E-state index in [1.54, 1.807) is 0 Å². The first-order valence-electron chi connectivity index (χ1n) is 6.49. The molecule has 0 unspecified atom stereocenters. The summed E-state index contributed by atoms with van der Waals surface area (Å²) in [6.07, 6.45) is 0.247. The van der Waals surface area contributed by atoms with Crippen molar-refractivity contribution in [2.75, 3.05) is 26.3 Å². The number of morpholine rings is 1. The number of aliphatic carboxylic acids is 1. The zero-order chi connectivity index (χ0) is 14.4. The van der Waals surface area contributed by atoms with Crippen LogP contribution in [0.2, 0.25) is 0 Å². The summed E-state index contributed by atoms with van der Waals surface area (Å²) in [4.78, 5) is 27.4. The molecule has 108 valence electrons. The molecule has 6 heteroatoms. The van der Waals surface area contributed by atoms with E-state index in [-0.39, 0.29) is 11.1 Å². The van der Waals surface area contributed by atoms with Gasteiger partial charge >= 0.3 is 6.47 Å². The molecule has 1 aromatic carbocycles. The third-order valence-electron chi connectivity index (χ3n) is 3.59. The third kappa shape index (κ3) is 3.15. The minimum absolute atomic E-state index is 0.247. The molecule has 1 aliphatic heterocycles. The van der Waals surface area contributed by atoms with Crippen LogP contribution in [-0.4, -0.2) is 49.4 Å². The zero-order valence-corrected chi connectivity index (χ0v) is 11.1. The molecule has 1 fully saturated rings. The second-order valence-electron chi connectivity index (χ2n) is 4.74. The number of nitrogens with zero attached hydrogens (tertiary/aromatic N) is 1. The van der Waals surface area contributed by atoms with Crippen molar-refractivity contribution in [3.63, 3.8) is 0 Å². The summed E-state index contributed by atoms with van der Waals surface area (Å²) in [6.45, 7) is 1.62. The van der Waals surface area contributed by atoms with Crippen molar-refractivity contribution in [3.8, 4) is 0 Å². The number of quaternary nitrogens is 1. The van der Waals surface area contributed by atoms with Crippen molar-refractivity contribution < 1.29 is 28.9 Å². The van der Waals surface area contributed by atoms with Gasteiger partial charge in [-0.1, -0.05) is 30.3 Å². The minimum atomic E-state index is -1.22. The SMILES string of the molecule is O=CO[N+]1([C@@H](Cc2ccccc2)C(=O)[O-])CCOCC1. The van der Waals surface area contributed by atoms with Gasteiger partial charge in [0.15, 0.2) is 6.04 Å². The fourth-order valence-electron chi connectivity index (χ4n) is 2.51. The molecule has 1 aromatic rings. The maximum absolute atomic E-state index is 11.5. The number of ether oxygens (including phenoxy) is 1. The van der Waals surface area contributed by atoms with E-state index >= 15 is 0 Å². The summed E-state index contributed by atoms with van der Waals surface area (Å²) < 4.78 is 4.95. The van der Waals surface area contributed by atoms with Gasteiger partial charge < -0.3 is 14.6 Å². The molecule has 1 aliphatic rings. The molecule has 0 spiro atoms. The number of rotatable bonds is 6. The normalized spacial score (nSPS) is 19.0. The molecule has 1 heterocycles. The molecule has 1 atom stereocenters. The Hall–Kier alpha value is -1.92. The number of hydrogen-bond acceptors (Lipinski definition) is 5. The number of benzene rings is 1. The van der Waals surface area contributed by atoms with E-state index < -0.39 is 12.0 Å². The van der Waals surface area contributed by atoms with Crippen molar-refractivity contribution in [2.24, 2.45) is 0 Å². The quantitative estimate of drug-likeness (QED) is 0.507. The van der Waals surface area contributed by atoms with Crippen molar-refractivity contribution in [2.45, 2.75) is 12.5 Å². The second kappa shape index (κ2) is 6.49. The van der Waals surface area contributed by atoms with Gasteiger partial charge in [-0.25, -0.2) is 4.79 Å². The van der Waals surface area contributed by atoms with Crippen molar-refractivity contribution >= 4 is 12.4 Å². The first-order chi connectivity index (χ1) is 9.68. The van der Waals surface area contributed by atoms with Crippen molar-refractivity contribution in [1.29, 1.82) is 0 Å². The lowest BCUT2D eigenvalue weighted by Crippen LogP contribution is -2.66. The average molecular weight is 279 g/mol. The smallest absolute Gasteiger partial charge is 0.355 e. The van der Waals surface area contributed by atoms with E-state index in [2.05, 4.69) is 0 Å². The van der Waals surface area contributed by atoms with Crippen LogP contribution in [-0.2, 0) is 25.6 Å². The first-order valence-corrected chi connectivity index (χ1v) is 6.49. The Balaban J connectivity index is 2.24. The predicted molar refractivity (Wildman–Crippen MR) is 66.9 cm³/mol. The lowest BCUT2D eigenvalue weighted by molar-refractivity contribution is -1.10. The Bertz CT molecular complexity index is 456. The Morgan fingerprint density at radius 2 is 2.00 bits per heavy atom. The number of carboxylic acids is 1. The lowest BCUT2D eigenvalue weighted by atomic mass is 10.0. The standard InChI is InChI=1S/C14H17NO5/c16-11-20-15(6-8-19-9-7-15)13(14(17)18)10-12-4-2-1-3-5-12/h1-5,11,13H,6-10H2/t13-/m0/s1. The second-order valence-corrected chi connectivity index (χ2v) is 4.74. The van der Waals surface area contributed by atoms with E-state index in [9.17, 15) is 14.7 Å². The first kappa shape index (κ1) is 14.5. The topological polar surface area (TPSA) is 75.7 Å². The number of carbonyl (C=O) groups is 2. The maximum Gasteiger partial charge on any atom is 0.355 e. The van der Waals surface area contributed by atoms with Crippen molar-refractivity contribution in [1.82, 2.24) is 0 Å². The Kier molecular flexibility index (Phi) is 4.70. The largest absolute Gasteiger partial charge is 0.544 e. The maximum atomic E-state index is 11.5. The van der Waals surface area contributed by atoms with E-state index in [0.717, 1.165) is 5.56 Å². The van der Waals surface area contributed by atoms with Crippen LogP contribution in [0.1, 0.15) is 5.56 Å². The van der Waals surface area contributed by atoms with Gasteiger partial charge in [-0.3, -0.25) is 4.84 Å². The van der Waals surface area contributed by atoms with Crippen LogP contribution in [0.15, 0.2) is 30.3 Å². The van der Waals surface area contributed by atoms with Gasteiger partial charge in [0.1, 0.15) is 19.1 Å². The monoisotopic (exact) mass is 279 g/mol. The highest BCUT2D eigenvalue weighted by molar-refractivity contribution is 5.70. The summed E-state index contributed by atoms with van der Waals surface area (Å²) in [7, 11) is 0. The van der Waals surface area contributed by atoms with Crippen LogP contribution in [0.4, 0.5) is 0 Å². The molecule has 0 radical (unpaired) electrons.